The maximum Gasteiger partial charge on any atom is 0.272 e. The number of carbonyl (C=O) groups is 1. The van der Waals surface area contributed by atoms with Gasteiger partial charge in [-0.15, -0.1) is 0 Å². The van der Waals surface area contributed by atoms with E-state index in [1.165, 1.54) is 0 Å². The van der Waals surface area contributed by atoms with Gasteiger partial charge in [0.15, 0.2) is 5.82 Å². The number of benzene rings is 1. The SMILES string of the molecule is CCn1ccc(C(=O)NC2CCCc3nc(-c4ccccc4)ncc32)n1. The van der Waals surface area contributed by atoms with Crippen molar-refractivity contribution in [1.29, 1.82) is 0 Å². The van der Waals surface area contributed by atoms with Crippen LogP contribution in [0.5, 0.6) is 0 Å². The second-order valence-electron chi connectivity index (χ2n) is 6.44. The fraction of sp³-hybridized carbons (Fsp3) is 0.300. The van der Waals surface area contributed by atoms with Crippen LogP contribution >= 0.6 is 0 Å². The first-order chi connectivity index (χ1) is 12.7. The summed E-state index contributed by atoms with van der Waals surface area (Å²) in [5.74, 6) is 0.584. The van der Waals surface area contributed by atoms with Crippen molar-refractivity contribution in [2.75, 3.05) is 0 Å². The Morgan fingerprint density at radius 2 is 2.12 bits per heavy atom. The number of nitrogens with one attached hydrogen (secondary N) is 1. The zero-order valence-corrected chi connectivity index (χ0v) is 14.7. The van der Waals surface area contributed by atoms with E-state index in [1.54, 1.807) is 10.7 Å². The Bertz CT molecular complexity index is 919. The topological polar surface area (TPSA) is 72.7 Å². The van der Waals surface area contributed by atoms with Crippen LogP contribution in [0.2, 0.25) is 0 Å². The first-order valence-electron chi connectivity index (χ1n) is 9.00. The number of aryl methyl sites for hydroxylation is 2. The number of fused-ring (bicyclic) bond motifs is 1. The van der Waals surface area contributed by atoms with Crippen LogP contribution in [0.4, 0.5) is 0 Å². The van der Waals surface area contributed by atoms with Crippen molar-refractivity contribution in [3.8, 4) is 11.4 Å². The smallest absolute Gasteiger partial charge is 0.272 e. The third-order valence-electron chi connectivity index (χ3n) is 4.72. The standard InChI is InChI=1S/C20H21N5O/c1-2-25-12-11-18(24-25)20(26)23-17-10-6-9-16-15(17)13-21-19(22-16)14-7-4-3-5-8-14/h3-5,7-8,11-13,17H,2,6,9-10H2,1H3,(H,23,26). The molecule has 0 spiro atoms. The molecule has 1 unspecified atom stereocenters. The van der Waals surface area contributed by atoms with Gasteiger partial charge in [0.1, 0.15) is 5.69 Å². The van der Waals surface area contributed by atoms with E-state index in [1.807, 2.05) is 49.6 Å². The van der Waals surface area contributed by atoms with Gasteiger partial charge in [-0.2, -0.15) is 5.10 Å². The molecule has 0 bridgehead atoms. The predicted octanol–water partition coefficient (Wildman–Crippen LogP) is 3.17. The van der Waals surface area contributed by atoms with Crippen molar-refractivity contribution in [2.45, 2.75) is 38.8 Å². The van der Waals surface area contributed by atoms with Crippen LogP contribution in [0.3, 0.4) is 0 Å². The van der Waals surface area contributed by atoms with Crippen molar-refractivity contribution in [2.24, 2.45) is 0 Å². The zero-order valence-electron chi connectivity index (χ0n) is 14.7. The molecule has 6 heteroatoms. The molecule has 0 aliphatic heterocycles. The fourth-order valence-electron chi connectivity index (χ4n) is 3.31. The van der Waals surface area contributed by atoms with Gasteiger partial charge in [-0.1, -0.05) is 30.3 Å². The highest BCUT2D eigenvalue weighted by molar-refractivity contribution is 5.92. The van der Waals surface area contributed by atoms with Gasteiger partial charge in [0.2, 0.25) is 0 Å². The Morgan fingerprint density at radius 1 is 1.27 bits per heavy atom. The largest absolute Gasteiger partial charge is 0.344 e. The maximum absolute atomic E-state index is 12.5. The Balaban J connectivity index is 1.56. The molecule has 6 nitrogen and oxygen atoms in total. The monoisotopic (exact) mass is 347 g/mol. The number of nitrogens with zero attached hydrogens (tertiary/aromatic N) is 4. The lowest BCUT2D eigenvalue weighted by molar-refractivity contribution is 0.0926. The molecule has 1 aliphatic carbocycles. The average Bonchev–Trinajstić information content (AvgIpc) is 3.18. The van der Waals surface area contributed by atoms with Crippen LogP contribution in [0, 0.1) is 0 Å². The molecular formula is C20H21N5O. The van der Waals surface area contributed by atoms with E-state index in [2.05, 4.69) is 15.4 Å². The molecule has 4 rings (SSSR count). The molecule has 26 heavy (non-hydrogen) atoms. The van der Waals surface area contributed by atoms with Gasteiger partial charge >= 0.3 is 0 Å². The molecule has 0 saturated carbocycles. The van der Waals surface area contributed by atoms with Crippen molar-refractivity contribution >= 4 is 5.91 Å². The summed E-state index contributed by atoms with van der Waals surface area (Å²) in [6.07, 6.45) is 6.47. The molecule has 1 N–H and O–H groups in total. The molecule has 2 heterocycles. The third-order valence-corrected chi connectivity index (χ3v) is 4.72. The van der Waals surface area contributed by atoms with Crippen LogP contribution in [-0.2, 0) is 13.0 Å². The van der Waals surface area contributed by atoms with Crippen LogP contribution in [-0.4, -0.2) is 25.7 Å². The number of carbonyl (C=O) groups excluding carboxylic acids is 1. The quantitative estimate of drug-likeness (QED) is 0.787. The van der Waals surface area contributed by atoms with Gasteiger partial charge in [-0.05, 0) is 32.3 Å². The number of hydrogen-bond acceptors (Lipinski definition) is 4. The van der Waals surface area contributed by atoms with Crippen LogP contribution < -0.4 is 5.32 Å². The van der Waals surface area contributed by atoms with Gasteiger partial charge in [0.05, 0.1) is 6.04 Å². The summed E-state index contributed by atoms with van der Waals surface area (Å²) in [5.41, 5.74) is 3.49. The molecule has 2 aromatic heterocycles. The minimum atomic E-state index is -0.151. The van der Waals surface area contributed by atoms with Crippen molar-refractivity contribution in [3.05, 3.63) is 65.7 Å². The molecular weight excluding hydrogens is 326 g/mol. The Hall–Kier alpha value is -3.02. The maximum atomic E-state index is 12.5. The number of rotatable bonds is 4. The normalized spacial score (nSPS) is 16.1. The van der Waals surface area contributed by atoms with E-state index in [-0.39, 0.29) is 11.9 Å². The Morgan fingerprint density at radius 3 is 2.88 bits per heavy atom. The second kappa shape index (κ2) is 7.07. The summed E-state index contributed by atoms with van der Waals surface area (Å²) in [5, 5.41) is 7.37. The minimum Gasteiger partial charge on any atom is -0.344 e. The van der Waals surface area contributed by atoms with Crippen LogP contribution in [0.15, 0.2) is 48.8 Å². The second-order valence-corrected chi connectivity index (χ2v) is 6.44. The van der Waals surface area contributed by atoms with Gasteiger partial charge in [-0.25, -0.2) is 9.97 Å². The van der Waals surface area contributed by atoms with Crippen molar-refractivity contribution in [3.63, 3.8) is 0 Å². The average molecular weight is 347 g/mol. The summed E-state index contributed by atoms with van der Waals surface area (Å²) in [4.78, 5) is 21.8. The van der Waals surface area contributed by atoms with E-state index in [0.29, 0.717) is 5.69 Å². The lowest BCUT2D eigenvalue weighted by atomic mass is 9.92. The van der Waals surface area contributed by atoms with E-state index in [9.17, 15) is 4.79 Å². The Labute approximate surface area is 152 Å². The highest BCUT2D eigenvalue weighted by Crippen LogP contribution is 2.29. The predicted molar refractivity (Wildman–Crippen MR) is 98.5 cm³/mol. The van der Waals surface area contributed by atoms with Crippen molar-refractivity contribution < 1.29 is 4.79 Å². The van der Waals surface area contributed by atoms with Crippen LogP contribution in [0.1, 0.15) is 47.6 Å². The summed E-state index contributed by atoms with van der Waals surface area (Å²) < 4.78 is 1.75. The number of amides is 1. The molecule has 132 valence electrons. The summed E-state index contributed by atoms with van der Waals surface area (Å²) in [7, 11) is 0. The van der Waals surface area contributed by atoms with E-state index in [4.69, 9.17) is 4.98 Å². The molecule has 1 aliphatic rings. The lowest BCUT2D eigenvalue weighted by Crippen LogP contribution is -2.32. The molecule has 1 atom stereocenters. The van der Waals surface area contributed by atoms with Gasteiger partial charge in [-0.3, -0.25) is 9.48 Å². The molecule has 0 saturated heterocycles. The molecule has 1 amide bonds. The highest BCUT2D eigenvalue weighted by Gasteiger charge is 2.25. The Kier molecular flexibility index (Phi) is 4.48. The summed E-state index contributed by atoms with van der Waals surface area (Å²) in [6.45, 7) is 2.74. The summed E-state index contributed by atoms with van der Waals surface area (Å²) >= 11 is 0. The fourth-order valence-corrected chi connectivity index (χ4v) is 3.31. The lowest BCUT2D eigenvalue weighted by Gasteiger charge is -2.25. The third kappa shape index (κ3) is 3.22. The van der Waals surface area contributed by atoms with Gasteiger partial charge in [0, 0.05) is 35.8 Å². The summed E-state index contributed by atoms with van der Waals surface area (Å²) in [6, 6.07) is 11.6. The first-order valence-corrected chi connectivity index (χ1v) is 9.00. The molecule has 0 fully saturated rings. The highest BCUT2D eigenvalue weighted by atomic mass is 16.2. The molecule has 1 aromatic carbocycles. The van der Waals surface area contributed by atoms with E-state index in [0.717, 1.165) is 48.5 Å². The zero-order chi connectivity index (χ0) is 17.9. The van der Waals surface area contributed by atoms with Gasteiger partial charge in [0.25, 0.3) is 5.91 Å². The van der Waals surface area contributed by atoms with Crippen LogP contribution in [0.25, 0.3) is 11.4 Å². The van der Waals surface area contributed by atoms with E-state index >= 15 is 0 Å². The molecule has 0 radical (unpaired) electrons. The van der Waals surface area contributed by atoms with Crippen molar-refractivity contribution in [1.82, 2.24) is 25.1 Å². The molecule has 3 aromatic rings. The van der Waals surface area contributed by atoms with E-state index < -0.39 is 0 Å². The number of hydrogen-bond donors (Lipinski definition) is 1. The first kappa shape index (κ1) is 16.4. The van der Waals surface area contributed by atoms with Gasteiger partial charge < -0.3 is 5.32 Å². The number of aromatic nitrogens is 4. The minimum absolute atomic E-state index is 0.0668.